The van der Waals surface area contributed by atoms with Gasteiger partial charge in [-0.1, -0.05) is 46.8 Å². The van der Waals surface area contributed by atoms with Crippen molar-refractivity contribution in [1.29, 1.82) is 0 Å². The van der Waals surface area contributed by atoms with Crippen LogP contribution in [0.4, 0.5) is 0 Å². The van der Waals surface area contributed by atoms with Crippen LogP contribution in [0.5, 0.6) is 0 Å². The molecule has 3 nitrogen and oxygen atoms in total. The van der Waals surface area contributed by atoms with Gasteiger partial charge in [-0.25, -0.2) is 4.52 Å². The maximum atomic E-state index is 3.83. The molecule has 0 radical (unpaired) electrons. The normalized spacial score (nSPS) is 7.69. The summed E-state index contributed by atoms with van der Waals surface area (Å²) < 4.78 is 1.74. The van der Waals surface area contributed by atoms with Crippen LogP contribution in [0.1, 0.15) is 47.1 Å². The Labute approximate surface area is 99.5 Å². The lowest BCUT2D eigenvalue weighted by molar-refractivity contribution is 0.854. The van der Waals surface area contributed by atoms with E-state index >= 15 is 0 Å². The van der Waals surface area contributed by atoms with Crippen molar-refractivity contribution in [1.82, 2.24) is 14.8 Å². The molecule has 2 aromatic heterocycles. The largest absolute Gasteiger partial charge is 0.221 e. The average molecular weight is 223 g/mol. The minimum absolute atomic E-state index is 1.04. The number of hydrogen-bond acceptors (Lipinski definition) is 2. The summed E-state index contributed by atoms with van der Waals surface area (Å²) in [6.45, 7) is 14.0. The van der Waals surface area contributed by atoms with Gasteiger partial charge in [0.15, 0.2) is 0 Å². The molecule has 0 saturated carbocycles. The smallest absolute Gasteiger partial charge is 0.0867 e. The van der Waals surface area contributed by atoms with Crippen molar-refractivity contribution in [3.05, 3.63) is 30.1 Å². The molecule has 0 aromatic carbocycles. The second kappa shape index (κ2) is 11.7. The predicted octanol–water partition coefficient (Wildman–Crippen LogP) is 4.12. The molecular formula is C13H25N3. The molecule has 2 heterocycles. The number of aryl methyl sites for hydroxylation is 1. The molecule has 2 rings (SSSR count). The van der Waals surface area contributed by atoms with Crippen molar-refractivity contribution in [2.24, 2.45) is 0 Å². The summed E-state index contributed by atoms with van der Waals surface area (Å²) in [5.74, 6) is 0. The van der Waals surface area contributed by atoms with Crippen molar-refractivity contribution in [3.63, 3.8) is 0 Å². The van der Waals surface area contributed by atoms with E-state index in [1.807, 2.05) is 66.8 Å². The van der Waals surface area contributed by atoms with Crippen molar-refractivity contribution < 1.29 is 0 Å². The lowest BCUT2D eigenvalue weighted by Crippen LogP contribution is -1.85. The van der Waals surface area contributed by atoms with Gasteiger partial charge in [-0.05, 0) is 24.6 Å². The second-order valence-electron chi connectivity index (χ2n) is 2.31. The molecule has 3 heteroatoms. The van der Waals surface area contributed by atoms with Crippen LogP contribution in [0.25, 0.3) is 5.52 Å². The van der Waals surface area contributed by atoms with Crippen LogP contribution < -0.4 is 0 Å². The summed E-state index contributed by atoms with van der Waals surface area (Å²) in [6, 6.07) is 4.04. The Kier molecular flexibility index (Phi) is 12.4. The predicted molar refractivity (Wildman–Crippen MR) is 71.8 cm³/mol. The molecule has 0 unspecified atom stereocenters. The van der Waals surface area contributed by atoms with Gasteiger partial charge >= 0.3 is 0 Å². The maximum Gasteiger partial charge on any atom is 0.0867 e. The molecule has 0 saturated heterocycles. The molecule has 0 aliphatic carbocycles. The van der Waals surface area contributed by atoms with Gasteiger partial charge in [-0.15, -0.1) is 5.10 Å². The zero-order valence-electron chi connectivity index (χ0n) is 11.7. The number of pyridine rings is 1. The number of fused-ring (bicyclic) bond motifs is 1. The van der Waals surface area contributed by atoms with Gasteiger partial charge in [0.2, 0.25) is 0 Å². The van der Waals surface area contributed by atoms with Crippen LogP contribution in [0, 0.1) is 6.92 Å². The van der Waals surface area contributed by atoms with Crippen LogP contribution in [0.2, 0.25) is 0 Å². The van der Waals surface area contributed by atoms with Crippen LogP contribution >= 0.6 is 0 Å². The highest BCUT2D eigenvalue weighted by molar-refractivity contribution is 5.44. The van der Waals surface area contributed by atoms with Crippen molar-refractivity contribution in [3.8, 4) is 0 Å². The summed E-state index contributed by atoms with van der Waals surface area (Å²) >= 11 is 0. The summed E-state index contributed by atoms with van der Waals surface area (Å²) in [5.41, 5.74) is 2.27. The van der Waals surface area contributed by atoms with E-state index in [0.717, 1.165) is 5.52 Å². The van der Waals surface area contributed by atoms with E-state index in [2.05, 4.69) is 10.3 Å². The third-order valence-corrected chi connectivity index (χ3v) is 1.46. The lowest BCUT2D eigenvalue weighted by Gasteiger charge is -1.90. The minimum Gasteiger partial charge on any atom is -0.221 e. The number of aromatic nitrogens is 3. The first kappa shape index (κ1) is 17.0. The molecule has 0 bridgehead atoms. The average Bonchev–Trinajstić information content (AvgIpc) is 2.84. The van der Waals surface area contributed by atoms with Gasteiger partial charge in [-0.3, -0.25) is 0 Å². The summed E-state index contributed by atoms with van der Waals surface area (Å²) in [4.78, 5) is 0. The molecule has 92 valence electrons. The lowest BCUT2D eigenvalue weighted by atomic mass is 10.3. The third-order valence-electron chi connectivity index (χ3n) is 1.46. The molecule has 0 atom stereocenters. The standard InChI is InChI=1S/C7H7N3.3C2H6/c1-6-2-3-10-7(4-6)5-8-9-10;3*1-2/h2-5H,1H3;3*1-2H3. The van der Waals surface area contributed by atoms with E-state index in [1.54, 1.807) is 10.7 Å². The van der Waals surface area contributed by atoms with E-state index < -0.39 is 0 Å². The fourth-order valence-corrected chi connectivity index (χ4v) is 0.940. The van der Waals surface area contributed by atoms with Crippen molar-refractivity contribution in [2.75, 3.05) is 0 Å². The molecule has 0 spiro atoms. The Morgan fingerprint density at radius 1 is 1.00 bits per heavy atom. The molecule has 0 N–H and O–H groups in total. The fourth-order valence-electron chi connectivity index (χ4n) is 0.940. The molecule has 16 heavy (non-hydrogen) atoms. The Bertz CT molecular complexity index is 353. The maximum absolute atomic E-state index is 3.83. The fraction of sp³-hybridized carbons (Fsp3) is 0.538. The van der Waals surface area contributed by atoms with Crippen LogP contribution in [0.15, 0.2) is 24.5 Å². The SMILES string of the molecule is CC.CC.CC.Cc1ccn2nncc2c1. The van der Waals surface area contributed by atoms with E-state index in [1.165, 1.54) is 5.56 Å². The van der Waals surface area contributed by atoms with Gasteiger partial charge in [0, 0.05) is 6.20 Å². The Morgan fingerprint density at radius 3 is 2.12 bits per heavy atom. The van der Waals surface area contributed by atoms with Crippen LogP contribution in [-0.2, 0) is 0 Å². The Morgan fingerprint density at radius 2 is 1.56 bits per heavy atom. The minimum atomic E-state index is 1.04. The highest BCUT2D eigenvalue weighted by atomic mass is 15.4. The number of rotatable bonds is 0. The summed E-state index contributed by atoms with van der Waals surface area (Å²) in [5, 5.41) is 7.58. The zero-order valence-corrected chi connectivity index (χ0v) is 11.7. The van der Waals surface area contributed by atoms with Crippen molar-refractivity contribution in [2.45, 2.75) is 48.5 Å². The van der Waals surface area contributed by atoms with E-state index in [9.17, 15) is 0 Å². The molecule has 0 amide bonds. The van der Waals surface area contributed by atoms with Gasteiger partial charge in [-0.2, -0.15) is 0 Å². The Hall–Kier alpha value is -1.38. The molecule has 2 aromatic rings. The van der Waals surface area contributed by atoms with Gasteiger partial charge in [0.1, 0.15) is 0 Å². The molecular weight excluding hydrogens is 198 g/mol. The zero-order chi connectivity index (χ0) is 13.0. The molecule has 0 fully saturated rings. The van der Waals surface area contributed by atoms with Crippen LogP contribution in [0.3, 0.4) is 0 Å². The van der Waals surface area contributed by atoms with Gasteiger partial charge < -0.3 is 0 Å². The highest BCUT2D eigenvalue weighted by Crippen LogP contribution is 2.02. The Balaban J connectivity index is 0. The summed E-state index contributed by atoms with van der Waals surface area (Å²) in [7, 11) is 0. The van der Waals surface area contributed by atoms with E-state index in [4.69, 9.17) is 0 Å². The first-order valence-corrected chi connectivity index (χ1v) is 6.13. The van der Waals surface area contributed by atoms with Gasteiger partial charge in [0.25, 0.3) is 0 Å². The van der Waals surface area contributed by atoms with Crippen molar-refractivity contribution >= 4 is 5.52 Å². The quantitative estimate of drug-likeness (QED) is 0.672. The molecule has 0 aliphatic rings. The third kappa shape index (κ3) is 5.49. The first-order chi connectivity index (χ1) is 7.86. The summed E-state index contributed by atoms with van der Waals surface area (Å²) in [6.07, 6.45) is 3.64. The number of hydrogen-bond donors (Lipinski definition) is 0. The monoisotopic (exact) mass is 223 g/mol. The highest BCUT2D eigenvalue weighted by Gasteiger charge is 1.91. The van der Waals surface area contributed by atoms with Gasteiger partial charge in [0.05, 0.1) is 11.7 Å². The first-order valence-electron chi connectivity index (χ1n) is 6.13. The van der Waals surface area contributed by atoms with E-state index in [-0.39, 0.29) is 0 Å². The number of nitrogens with zero attached hydrogens (tertiary/aromatic N) is 3. The topological polar surface area (TPSA) is 30.2 Å². The second-order valence-corrected chi connectivity index (χ2v) is 2.31. The van der Waals surface area contributed by atoms with E-state index in [0.29, 0.717) is 0 Å². The van der Waals surface area contributed by atoms with Crippen LogP contribution in [-0.4, -0.2) is 14.8 Å². The molecule has 0 aliphatic heterocycles.